The quantitative estimate of drug-likeness (QED) is 0.657. The smallest absolute Gasteiger partial charge is 0.297 e. The number of halogens is 1. The number of rotatable bonds is 3. The molecule has 0 fully saturated rings. The Morgan fingerprint density at radius 2 is 2.00 bits per heavy atom. The zero-order chi connectivity index (χ0) is 11.6. The highest BCUT2D eigenvalue weighted by molar-refractivity contribution is 7.86. The Kier molecular flexibility index (Phi) is 3.59. The van der Waals surface area contributed by atoms with Crippen LogP contribution in [-0.4, -0.2) is 14.5 Å². The van der Waals surface area contributed by atoms with Crippen molar-refractivity contribution in [3.8, 4) is 0 Å². The lowest BCUT2D eigenvalue weighted by molar-refractivity contribution is 0.249. The van der Waals surface area contributed by atoms with Gasteiger partial charge >= 0.3 is 0 Å². The number of anilines is 1. The lowest BCUT2D eigenvalue weighted by atomic mass is 10.3. The lowest BCUT2D eigenvalue weighted by Crippen LogP contribution is -2.12. The Morgan fingerprint density at radius 1 is 1.40 bits per heavy atom. The maximum Gasteiger partial charge on any atom is 0.297 e. The molecule has 0 bridgehead atoms. The van der Waals surface area contributed by atoms with Gasteiger partial charge in [0.25, 0.3) is 10.1 Å². The van der Waals surface area contributed by atoms with Crippen LogP contribution < -0.4 is 5.73 Å². The molecule has 0 saturated heterocycles. The number of benzene rings is 1. The zero-order valence-corrected chi connectivity index (χ0v) is 9.97. The van der Waals surface area contributed by atoms with E-state index in [9.17, 15) is 8.42 Å². The third-order valence-electron chi connectivity index (χ3n) is 1.58. The van der Waals surface area contributed by atoms with Gasteiger partial charge in [0.15, 0.2) is 0 Å². The second-order valence-electron chi connectivity index (χ2n) is 3.28. The molecule has 84 valence electrons. The number of hydrogen-bond acceptors (Lipinski definition) is 4. The van der Waals surface area contributed by atoms with Crippen molar-refractivity contribution >= 4 is 27.4 Å². The number of nitrogens with two attached hydrogens (primary N) is 1. The van der Waals surface area contributed by atoms with Crippen LogP contribution in [0.4, 0.5) is 5.69 Å². The third kappa shape index (κ3) is 3.09. The second kappa shape index (κ2) is 4.38. The lowest BCUT2D eigenvalue weighted by Gasteiger charge is -2.09. The molecular weight excluding hydrogens is 238 g/mol. The van der Waals surface area contributed by atoms with Gasteiger partial charge in [-0.25, -0.2) is 0 Å². The predicted molar refractivity (Wildman–Crippen MR) is 59.3 cm³/mol. The fourth-order valence-electron chi connectivity index (χ4n) is 0.986. The first kappa shape index (κ1) is 12.3. The van der Waals surface area contributed by atoms with Crippen molar-refractivity contribution in [1.29, 1.82) is 0 Å². The van der Waals surface area contributed by atoms with E-state index in [2.05, 4.69) is 0 Å². The van der Waals surface area contributed by atoms with E-state index in [-0.39, 0.29) is 10.6 Å². The molecule has 0 amide bonds. The summed E-state index contributed by atoms with van der Waals surface area (Å²) in [6.07, 6.45) is -0.410. The van der Waals surface area contributed by atoms with Gasteiger partial charge in [0.2, 0.25) is 0 Å². The highest BCUT2D eigenvalue weighted by atomic mass is 35.5. The van der Waals surface area contributed by atoms with Gasteiger partial charge in [0, 0.05) is 0 Å². The zero-order valence-electron chi connectivity index (χ0n) is 8.40. The maximum absolute atomic E-state index is 11.6. The van der Waals surface area contributed by atoms with Crippen LogP contribution >= 0.6 is 11.6 Å². The second-order valence-corrected chi connectivity index (χ2v) is 5.26. The standard InChI is InChI=1S/C9H12ClNO3S/c1-6(2)14-15(12,13)7-3-4-8(10)9(11)5-7/h3-6H,11H2,1-2H3. The first-order valence-electron chi connectivity index (χ1n) is 4.31. The molecule has 15 heavy (non-hydrogen) atoms. The Morgan fingerprint density at radius 3 is 2.47 bits per heavy atom. The normalized spacial score (nSPS) is 12.0. The molecule has 0 atom stereocenters. The van der Waals surface area contributed by atoms with Gasteiger partial charge in [0.1, 0.15) is 0 Å². The minimum absolute atomic E-state index is 0.0121. The predicted octanol–water partition coefficient (Wildman–Crippen LogP) is 2.04. The summed E-state index contributed by atoms with van der Waals surface area (Å²) in [7, 11) is -3.74. The summed E-state index contributed by atoms with van der Waals surface area (Å²) in [6.45, 7) is 3.27. The van der Waals surface area contributed by atoms with E-state index in [1.165, 1.54) is 18.2 Å². The van der Waals surface area contributed by atoms with Gasteiger partial charge in [-0.2, -0.15) is 8.42 Å². The van der Waals surface area contributed by atoms with Crippen LogP contribution in [0.25, 0.3) is 0 Å². The SMILES string of the molecule is CC(C)OS(=O)(=O)c1ccc(Cl)c(N)c1. The number of hydrogen-bond donors (Lipinski definition) is 1. The van der Waals surface area contributed by atoms with Crippen molar-refractivity contribution in [2.24, 2.45) is 0 Å². The first-order chi connectivity index (χ1) is 6.83. The van der Waals surface area contributed by atoms with Gasteiger partial charge in [-0.3, -0.25) is 4.18 Å². The van der Waals surface area contributed by atoms with E-state index in [4.69, 9.17) is 21.5 Å². The van der Waals surface area contributed by atoms with E-state index in [0.29, 0.717) is 5.02 Å². The van der Waals surface area contributed by atoms with Gasteiger partial charge in [-0.05, 0) is 32.0 Å². The van der Waals surface area contributed by atoms with E-state index in [0.717, 1.165) is 0 Å². The average molecular weight is 250 g/mol. The molecule has 1 aromatic carbocycles. The largest absolute Gasteiger partial charge is 0.397 e. The van der Waals surface area contributed by atoms with E-state index < -0.39 is 16.2 Å². The molecule has 2 N–H and O–H groups in total. The summed E-state index contributed by atoms with van der Waals surface area (Å²) in [4.78, 5) is 0.0121. The van der Waals surface area contributed by atoms with E-state index in [1.807, 2.05) is 0 Å². The Bertz CT molecular complexity index is 456. The molecule has 0 spiro atoms. The topological polar surface area (TPSA) is 69.4 Å². The maximum atomic E-state index is 11.6. The van der Waals surface area contributed by atoms with Crippen LogP contribution in [0.5, 0.6) is 0 Å². The molecule has 0 radical (unpaired) electrons. The minimum Gasteiger partial charge on any atom is -0.397 e. The summed E-state index contributed by atoms with van der Waals surface area (Å²) in [5.74, 6) is 0. The van der Waals surface area contributed by atoms with Crippen LogP contribution in [0.3, 0.4) is 0 Å². The molecule has 0 aliphatic heterocycles. The van der Waals surface area contributed by atoms with Crippen LogP contribution in [0.2, 0.25) is 5.02 Å². The fourth-order valence-corrected chi connectivity index (χ4v) is 2.23. The van der Waals surface area contributed by atoms with Crippen LogP contribution in [0, 0.1) is 0 Å². The molecule has 6 heteroatoms. The highest BCUT2D eigenvalue weighted by Crippen LogP contribution is 2.23. The minimum atomic E-state index is -3.74. The van der Waals surface area contributed by atoms with Crippen LogP contribution in [0.15, 0.2) is 23.1 Å². The van der Waals surface area contributed by atoms with Crippen molar-refractivity contribution in [3.63, 3.8) is 0 Å². The number of nitrogen functional groups attached to an aromatic ring is 1. The van der Waals surface area contributed by atoms with Crippen LogP contribution in [-0.2, 0) is 14.3 Å². The third-order valence-corrected chi connectivity index (χ3v) is 3.39. The molecule has 0 unspecified atom stereocenters. The average Bonchev–Trinajstić information content (AvgIpc) is 2.07. The van der Waals surface area contributed by atoms with Crippen molar-refractivity contribution in [2.45, 2.75) is 24.8 Å². The molecule has 0 aliphatic carbocycles. The molecule has 0 aromatic heterocycles. The van der Waals surface area contributed by atoms with Crippen molar-refractivity contribution in [2.75, 3.05) is 5.73 Å². The summed E-state index contributed by atoms with van der Waals surface area (Å²) in [6, 6.07) is 4.06. The Hall–Kier alpha value is -0.780. The molecule has 4 nitrogen and oxygen atoms in total. The summed E-state index contributed by atoms with van der Waals surface area (Å²) in [5, 5.41) is 0.318. The Balaban J connectivity index is 3.11. The molecule has 0 saturated carbocycles. The Labute approximate surface area is 94.1 Å². The monoisotopic (exact) mass is 249 g/mol. The molecule has 1 aromatic rings. The fraction of sp³-hybridized carbons (Fsp3) is 0.333. The summed E-state index contributed by atoms with van der Waals surface area (Å²) in [5.41, 5.74) is 5.71. The van der Waals surface area contributed by atoms with Gasteiger partial charge < -0.3 is 5.73 Å². The molecule has 1 rings (SSSR count). The summed E-state index contributed by atoms with van der Waals surface area (Å²) >= 11 is 5.68. The van der Waals surface area contributed by atoms with Gasteiger partial charge in [-0.1, -0.05) is 11.6 Å². The van der Waals surface area contributed by atoms with E-state index in [1.54, 1.807) is 13.8 Å². The van der Waals surface area contributed by atoms with E-state index >= 15 is 0 Å². The molecule has 0 heterocycles. The van der Waals surface area contributed by atoms with Crippen molar-refractivity contribution < 1.29 is 12.6 Å². The molecular formula is C9H12ClNO3S. The van der Waals surface area contributed by atoms with Gasteiger partial charge in [0.05, 0.1) is 21.7 Å². The van der Waals surface area contributed by atoms with Gasteiger partial charge in [-0.15, -0.1) is 0 Å². The first-order valence-corrected chi connectivity index (χ1v) is 6.10. The molecule has 0 aliphatic rings. The highest BCUT2D eigenvalue weighted by Gasteiger charge is 2.17. The van der Waals surface area contributed by atoms with Crippen molar-refractivity contribution in [3.05, 3.63) is 23.2 Å². The van der Waals surface area contributed by atoms with Crippen molar-refractivity contribution in [1.82, 2.24) is 0 Å². The summed E-state index contributed by atoms with van der Waals surface area (Å²) < 4.78 is 28.0. The van der Waals surface area contributed by atoms with Crippen LogP contribution in [0.1, 0.15) is 13.8 Å².